The Balaban J connectivity index is 1.42. The molecule has 0 aromatic rings. The van der Waals surface area contributed by atoms with Gasteiger partial charge in [0, 0.05) is 12.5 Å². The molecular formula is C16H23NO4. The number of rotatable bonds is 4. The molecule has 116 valence electrons. The van der Waals surface area contributed by atoms with E-state index in [1.165, 1.54) is 0 Å². The van der Waals surface area contributed by atoms with Crippen molar-refractivity contribution in [1.29, 1.82) is 0 Å². The van der Waals surface area contributed by atoms with Gasteiger partial charge in [-0.1, -0.05) is 6.08 Å². The Labute approximate surface area is 125 Å². The van der Waals surface area contributed by atoms with Crippen LogP contribution < -0.4 is 0 Å². The third-order valence-corrected chi connectivity index (χ3v) is 5.48. The van der Waals surface area contributed by atoms with Crippen LogP contribution in [0.2, 0.25) is 0 Å². The zero-order chi connectivity index (χ0) is 14.4. The van der Waals surface area contributed by atoms with Crippen molar-refractivity contribution in [2.24, 2.45) is 17.8 Å². The number of hydrogen-bond donors (Lipinski definition) is 0. The van der Waals surface area contributed by atoms with Gasteiger partial charge in [0.1, 0.15) is 6.10 Å². The summed E-state index contributed by atoms with van der Waals surface area (Å²) < 4.78 is 17.1. The number of ether oxygens (including phenoxy) is 3. The maximum absolute atomic E-state index is 12.8. The highest BCUT2D eigenvalue weighted by atomic mass is 16.5. The maximum atomic E-state index is 12.8. The van der Waals surface area contributed by atoms with Crippen molar-refractivity contribution in [3.05, 3.63) is 12.7 Å². The molecule has 2 heterocycles. The van der Waals surface area contributed by atoms with Gasteiger partial charge in [-0.3, -0.25) is 4.79 Å². The molecule has 4 rings (SSSR count). The Bertz CT molecular complexity index is 430. The molecule has 6 atom stereocenters. The molecule has 1 unspecified atom stereocenters. The number of amides is 1. The topological polar surface area (TPSA) is 48.0 Å². The van der Waals surface area contributed by atoms with Crippen LogP contribution in [-0.2, 0) is 19.0 Å². The summed E-state index contributed by atoms with van der Waals surface area (Å²) >= 11 is 0. The van der Waals surface area contributed by atoms with Crippen molar-refractivity contribution in [2.75, 3.05) is 33.0 Å². The summed E-state index contributed by atoms with van der Waals surface area (Å²) in [4.78, 5) is 14.9. The van der Waals surface area contributed by atoms with E-state index in [0.29, 0.717) is 31.0 Å². The predicted octanol–water partition coefficient (Wildman–Crippen LogP) is 0.840. The largest absolute Gasteiger partial charge is 0.381 e. The smallest absolute Gasteiger partial charge is 0.226 e. The Hall–Kier alpha value is -0.910. The van der Waals surface area contributed by atoms with Crippen LogP contribution in [0.15, 0.2) is 12.7 Å². The average molecular weight is 293 g/mol. The number of nitrogens with zero attached hydrogens (tertiary/aromatic N) is 1. The lowest BCUT2D eigenvalue weighted by Crippen LogP contribution is -2.54. The van der Waals surface area contributed by atoms with E-state index in [-0.39, 0.29) is 24.2 Å². The molecule has 0 N–H and O–H groups in total. The highest BCUT2D eigenvalue weighted by Crippen LogP contribution is 2.52. The van der Waals surface area contributed by atoms with E-state index >= 15 is 0 Å². The summed E-state index contributed by atoms with van der Waals surface area (Å²) in [5, 5.41) is 0. The Morgan fingerprint density at radius 2 is 2.14 bits per heavy atom. The molecule has 2 aliphatic carbocycles. The molecule has 5 nitrogen and oxygen atoms in total. The second-order valence-corrected chi connectivity index (χ2v) is 6.56. The van der Waals surface area contributed by atoms with Crippen molar-refractivity contribution in [3.63, 3.8) is 0 Å². The zero-order valence-corrected chi connectivity index (χ0v) is 12.3. The van der Waals surface area contributed by atoms with Gasteiger partial charge in [0.15, 0.2) is 0 Å². The Morgan fingerprint density at radius 3 is 2.90 bits per heavy atom. The highest BCUT2D eigenvalue weighted by molar-refractivity contribution is 5.83. The number of hydrogen-bond acceptors (Lipinski definition) is 4. The minimum absolute atomic E-state index is 0.0393. The fourth-order valence-corrected chi connectivity index (χ4v) is 4.36. The second kappa shape index (κ2) is 5.38. The van der Waals surface area contributed by atoms with Gasteiger partial charge in [-0.2, -0.15) is 0 Å². The molecule has 0 radical (unpaired) electrons. The first kappa shape index (κ1) is 13.7. The van der Waals surface area contributed by atoms with E-state index in [4.69, 9.17) is 14.2 Å². The summed E-state index contributed by atoms with van der Waals surface area (Å²) in [6.45, 7) is 7.13. The van der Waals surface area contributed by atoms with Crippen LogP contribution in [0.25, 0.3) is 0 Å². The van der Waals surface area contributed by atoms with Crippen LogP contribution in [0.5, 0.6) is 0 Å². The fraction of sp³-hybridized carbons (Fsp3) is 0.812. The molecule has 4 fully saturated rings. The third-order valence-electron chi connectivity index (χ3n) is 5.48. The maximum Gasteiger partial charge on any atom is 0.226 e. The molecule has 0 bridgehead atoms. The van der Waals surface area contributed by atoms with Crippen molar-refractivity contribution in [1.82, 2.24) is 4.90 Å². The van der Waals surface area contributed by atoms with Crippen LogP contribution >= 0.6 is 0 Å². The molecular weight excluding hydrogens is 270 g/mol. The zero-order valence-electron chi connectivity index (χ0n) is 12.3. The predicted molar refractivity (Wildman–Crippen MR) is 75.7 cm³/mol. The van der Waals surface area contributed by atoms with Crippen LogP contribution in [0, 0.1) is 17.8 Å². The van der Waals surface area contributed by atoms with Gasteiger partial charge in [0.05, 0.1) is 38.6 Å². The van der Waals surface area contributed by atoms with Gasteiger partial charge in [-0.05, 0) is 24.7 Å². The summed E-state index contributed by atoms with van der Waals surface area (Å²) in [5.41, 5.74) is 0. The summed E-state index contributed by atoms with van der Waals surface area (Å²) in [6, 6.07) is 0.198. The monoisotopic (exact) mass is 293 g/mol. The first-order chi connectivity index (χ1) is 10.3. The minimum atomic E-state index is 0.0393. The Kier molecular flexibility index (Phi) is 3.52. The number of morpholine rings is 1. The van der Waals surface area contributed by atoms with E-state index < -0.39 is 0 Å². The summed E-state index contributed by atoms with van der Waals surface area (Å²) in [6.07, 6.45) is 3.86. The molecule has 5 heteroatoms. The van der Waals surface area contributed by atoms with E-state index in [1.54, 1.807) is 6.08 Å². The van der Waals surface area contributed by atoms with Crippen LogP contribution in [0.4, 0.5) is 0 Å². The van der Waals surface area contributed by atoms with Crippen LogP contribution in [0.1, 0.15) is 12.8 Å². The van der Waals surface area contributed by atoms with Gasteiger partial charge in [-0.25, -0.2) is 0 Å². The van der Waals surface area contributed by atoms with E-state index in [9.17, 15) is 4.79 Å². The SMILES string of the molecule is C=CCO[C@@H]1CC[C@H]2[C@H]1OCCN2C(=O)C1[C@H]2COC[C@@H]12. The van der Waals surface area contributed by atoms with Crippen molar-refractivity contribution >= 4 is 5.91 Å². The standard InChI is InChI=1S/C16H23NO4/c1-2-6-20-13-4-3-12-15(13)21-7-5-17(12)16(18)14-10-8-19-9-11(10)14/h2,10-15H,1,3-9H2/t10-,11+,12-,13+,14?,15+/m0/s1. The summed E-state index contributed by atoms with van der Waals surface area (Å²) in [7, 11) is 0. The van der Waals surface area contributed by atoms with Crippen molar-refractivity contribution < 1.29 is 19.0 Å². The third kappa shape index (κ3) is 2.22. The van der Waals surface area contributed by atoms with Crippen molar-refractivity contribution in [3.8, 4) is 0 Å². The first-order valence-electron chi connectivity index (χ1n) is 8.03. The molecule has 21 heavy (non-hydrogen) atoms. The normalized spacial score (nSPS) is 44.3. The van der Waals surface area contributed by atoms with E-state index in [1.807, 2.05) is 0 Å². The first-order valence-corrected chi connectivity index (χ1v) is 8.03. The fourth-order valence-electron chi connectivity index (χ4n) is 4.36. The molecule has 0 aromatic heterocycles. The average Bonchev–Trinajstić information content (AvgIpc) is 2.89. The van der Waals surface area contributed by atoms with Gasteiger partial charge in [0.2, 0.25) is 5.91 Å². The lowest BCUT2D eigenvalue weighted by atomic mass is 10.1. The molecule has 2 saturated heterocycles. The van der Waals surface area contributed by atoms with E-state index in [2.05, 4.69) is 11.5 Å². The van der Waals surface area contributed by atoms with Gasteiger partial charge < -0.3 is 19.1 Å². The molecule has 4 aliphatic rings. The van der Waals surface area contributed by atoms with Gasteiger partial charge in [0.25, 0.3) is 0 Å². The Morgan fingerprint density at radius 1 is 1.33 bits per heavy atom. The minimum Gasteiger partial charge on any atom is -0.381 e. The van der Waals surface area contributed by atoms with Crippen LogP contribution in [0.3, 0.4) is 0 Å². The molecule has 2 saturated carbocycles. The number of carbonyl (C=O) groups is 1. The quantitative estimate of drug-likeness (QED) is 0.721. The van der Waals surface area contributed by atoms with Crippen LogP contribution in [-0.4, -0.2) is 62.0 Å². The molecule has 0 spiro atoms. The molecule has 1 amide bonds. The van der Waals surface area contributed by atoms with Gasteiger partial charge >= 0.3 is 0 Å². The van der Waals surface area contributed by atoms with Gasteiger partial charge in [-0.15, -0.1) is 6.58 Å². The van der Waals surface area contributed by atoms with E-state index in [0.717, 1.165) is 32.6 Å². The molecule has 2 aliphatic heterocycles. The second-order valence-electron chi connectivity index (χ2n) is 6.56. The number of carbonyl (C=O) groups excluding carboxylic acids is 1. The molecule has 0 aromatic carbocycles. The van der Waals surface area contributed by atoms with Crippen molar-refractivity contribution in [2.45, 2.75) is 31.1 Å². The highest BCUT2D eigenvalue weighted by Gasteiger charge is 2.60. The summed E-state index contributed by atoms with van der Waals surface area (Å²) in [5.74, 6) is 1.50. The lowest BCUT2D eigenvalue weighted by Gasteiger charge is -2.39. The lowest BCUT2D eigenvalue weighted by molar-refractivity contribution is -0.153. The number of fused-ring (bicyclic) bond motifs is 2.